The molecule has 0 amide bonds. The quantitative estimate of drug-likeness (QED) is 0.394. The predicted molar refractivity (Wildman–Crippen MR) is 31.7 cm³/mol. The van der Waals surface area contributed by atoms with Crippen LogP contribution in [0.1, 0.15) is 0 Å². The van der Waals surface area contributed by atoms with Crippen LogP contribution in [0.15, 0.2) is 12.2 Å². The van der Waals surface area contributed by atoms with Gasteiger partial charge in [-0.05, 0) is 0 Å². The first-order chi connectivity index (χ1) is 4.25. The Hall–Kier alpha value is -0.380. The molecule has 52 valence electrons. The zero-order chi connectivity index (χ0) is 6.85. The van der Waals surface area contributed by atoms with Crippen LogP contribution in [0.4, 0.5) is 0 Å². The molecule has 1 aliphatic rings. The van der Waals surface area contributed by atoms with Gasteiger partial charge in [0.25, 0.3) is 0 Å². The Labute approximate surface area is 53.3 Å². The third-order valence-electron chi connectivity index (χ3n) is 1.55. The van der Waals surface area contributed by atoms with E-state index in [1.54, 1.807) is 6.08 Å². The molecule has 3 nitrogen and oxygen atoms in total. The van der Waals surface area contributed by atoms with Crippen molar-refractivity contribution in [3.8, 4) is 0 Å². The summed E-state index contributed by atoms with van der Waals surface area (Å²) in [7, 11) is 0. The standard InChI is InChI=1S/C6H10O3/c7-3-4-1-2-5(8)6(4)9/h1-2,4-9H,3H2/t4-,5+,6-/m1/s1. The van der Waals surface area contributed by atoms with Crippen molar-refractivity contribution in [3.63, 3.8) is 0 Å². The fourth-order valence-corrected chi connectivity index (χ4v) is 0.906. The number of aliphatic hydroxyl groups excluding tert-OH is 3. The van der Waals surface area contributed by atoms with E-state index in [4.69, 9.17) is 15.3 Å². The van der Waals surface area contributed by atoms with Gasteiger partial charge in [0.2, 0.25) is 0 Å². The Morgan fingerprint density at radius 2 is 1.89 bits per heavy atom. The van der Waals surface area contributed by atoms with Gasteiger partial charge in [-0.25, -0.2) is 0 Å². The molecule has 0 fully saturated rings. The molecule has 3 N–H and O–H groups in total. The molecule has 1 aliphatic carbocycles. The van der Waals surface area contributed by atoms with Crippen molar-refractivity contribution in [1.82, 2.24) is 0 Å². The van der Waals surface area contributed by atoms with Gasteiger partial charge in [-0.1, -0.05) is 12.2 Å². The van der Waals surface area contributed by atoms with Crippen LogP contribution >= 0.6 is 0 Å². The van der Waals surface area contributed by atoms with E-state index in [1.807, 2.05) is 0 Å². The van der Waals surface area contributed by atoms with Gasteiger partial charge >= 0.3 is 0 Å². The number of aliphatic hydroxyl groups is 3. The van der Waals surface area contributed by atoms with Crippen LogP contribution < -0.4 is 0 Å². The summed E-state index contributed by atoms with van der Waals surface area (Å²) in [5, 5.41) is 26.4. The van der Waals surface area contributed by atoms with E-state index in [-0.39, 0.29) is 12.5 Å². The van der Waals surface area contributed by atoms with Crippen LogP contribution in [0.3, 0.4) is 0 Å². The maximum absolute atomic E-state index is 8.98. The van der Waals surface area contributed by atoms with Crippen LogP contribution in [0.2, 0.25) is 0 Å². The van der Waals surface area contributed by atoms with Gasteiger partial charge in [0.1, 0.15) is 0 Å². The lowest BCUT2D eigenvalue weighted by molar-refractivity contribution is 0.0181. The molecule has 0 spiro atoms. The predicted octanol–water partition coefficient (Wildman–Crippen LogP) is -1.11. The Morgan fingerprint density at radius 3 is 2.11 bits per heavy atom. The lowest BCUT2D eigenvalue weighted by Gasteiger charge is -2.12. The summed E-state index contributed by atoms with van der Waals surface area (Å²) < 4.78 is 0. The van der Waals surface area contributed by atoms with Gasteiger partial charge in [-0.3, -0.25) is 0 Å². The Morgan fingerprint density at radius 1 is 1.22 bits per heavy atom. The molecule has 0 saturated heterocycles. The number of rotatable bonds is 1. The van der Waals surface area contributed by atoms with E-state index >= 15 is 0 Å². The fraction of sp³-hybridized carbons (Fsp3) is 0.667. The molecular formula is C6H10O3. The molecule has 0 saturated carbocycles. The first-order valence-corrected chi connectivity index (χ1v) is 2.91. The summed E-state index contributed by atoms with van der Waals surface area (Å²) in [6.45, 7) is -0.102. The second-order valence-corrected chi connectivity index (χ2v) is 2.21. The zero-order valence-corrected chi connectivity index (χ0v) is 4.94. The highest BCUT2D eigenvalue weighted by molar-refractivity contribution is 5.07. The second-order valence-electron chi connectivity index (χ2n) is 2.21. The van der Waals surface area contributed by atoms with Crippen molar-refractivity contribution in [3.05, 3.63) is 12.2 Å². The monoisotopic (exact) mass is 130 g/mol. The minimum atomic E-state index is -0.810. The molecule has 3 heteroatoms. The van der Waals surface area contributed by atoms with Crippen molar-refractivity contribution in [1.29, 1.82) is 0 Å². The molecule has 0 unspecified atom stereocenters. The highest BCUT2D eigenvalue weighted by Crippen LogP contribution is 2.17. The van der Waals surface area contributed by atoms with Crippen LogP contribution in [-0.4, -0.2) is 34.1 Å². The number of hydrogen-bond donors (Lipinski definition) is 3. The molecule has 0 aliphatic heterocycles. The highest BCUT2D eigenvalue weighted by Gasteiger charge is 2.26. The summed E-state index contributed by atoms with van der Waals surface area (Å²) in [4.78, 5) is 0. The second kappa shape index (κ2) is 2.47. The van der Waals surface area contributed by atoms with Crippen molar-refractivity contribution in [2.24, 2.45) is 5.92 Å². The van der Waals surface area contributed by atoms with E-state index in [1.165, 1.54) is 6.08 Å². The topological polar surface area (TPSA) is 60.7 Å². The third-order valence-corrected chi connectivity index (χ3v) is 1.55. The molecule has 0 aromatic heterocycles. The zero-order valence-electron chi connectivity index (χ0n) is 4.94. The van der Waals surface area contributed by atoms with E-state index in [9.17, 15) is 0 Å². The maximum Gasteiger partial charge on any atom is 0.0986 e. The molecule has 0 heterocycles. The maximum atomic E-state index is 8.98. The largest absolute Gasteiger partial charge is 0.396 e. The van der Waals surface area contributed by atoms with Gasteiger partial charge in [0, 0.05) is 5.92 Å². The smallest absolute Gasteiger partial charge is 0.0986 e. The van der Waals surface area contributed by atoms with Gasteiger partial charge in [-0.15, -0.1) is 0 Å². The average molecular weight is 130 g/mol. The number of hydrogen-bond acceptors (Lipinski definition) is 3. The van der Waals surface area contributed by atoms with Crippen molar-refractivity contribution in [2.75, 3.05) is 6.61 Å². The minimum absolute atomic E-state index is 0.102. The van der Waals surface area contributed by atoms with Crippen molar-refractivity contribution >= 4 is 0 Å². The van der Waals surface area contributed by atoms with Crippen LogP contribution in [0.25, 0.3) is 0 Å². The average Bonchev–Trinajstić information content (AvgIpc) is 2.15. The minimum Gasteiger partial charge on any atom is -0.396 e. The summed E-state index contributed by atoms with van der Waals surface area (Å²) in [6.07, 6.45) is 1.51. The molecule has 1 rings (SSSR count). The molecule has 0 radical (unpaired) electrons. The van der Waals surface area contributed by atoms with E-state index in [2.05, 4.69) is 0 Å². The van der Waals surface area contributed by atoms with Gasteiger partial charge in [-0.2, -0.15) is 0 Å². The van der Waals surface area contributed by atoms with Crippen LogP contribution in [0, 0.1) is 5.92 Å². The first-order valence-electron chi connectivity index (χ1n) is 2.91. The van der Waals surface area contributed by atoms with Gasteiger partial charge in [0.05, 0.1) is 18.8 Å². The Kier molecular flexibility index (Phi) is 1.85. The lowest BCUT2D eigenvalue weighted by atomic mass is 10.1. The van der Waals surface area contributed by atoms with Crippen LogP contribution in [-0.2, 0) is 0 Å². The summed E-state index contributed by atoms with van der Waals surface area (Å²) in [5.41, 5.74) is 0. The molecule has 0 aromatic carbocycles. The van der Waals surface area contributed by atoms with Crippen molar-refractivity contribution in [2.45, 2.75) is 12.2 Å². The first kappa shape index (κ1) is 6.74. The normalized spacial score (nSPS) is 41.9. The van der Waals surface area contributed by atoms with E-state index in [0.29, 0.717) is 0 Å². The highest BCUT2D eigenvalue weighted by atomic mass is 16.3. The summed E-state index contributed by atoms with van der Waals surface area (Å²) >= 11 is 0. The van der Waals surface area contributed by atoms with Crippen LogP contribution in [0.5, 0.6) is 0 Å². The Balaban J connectivity index is 2.51. The molecular weight excluding hydrogens is 120 g/mol. The molecule has 0 bridgehead atoms. The lowest BCUT2D eigenvalue weighted by Crippen LogP contribution is -2.27. The fourth-order valence-electron chi connectivity index (χ4n) is 0.906. The van der Waals surface area contributed by atoms with E-state index < -0.39 is 12.2 Å². The van der Waals surface area contributed by atoms with Gasteiger partial charge in [0.15, 0.2) is 0 Å². The molecule has 0 aromatic rings. The van der Waals surface area contributed by atoms with Gasteiger partial charge < -0.3 is 15.3 Å². The van der Waals surface area contributed by atoms with E-state index in [0.717, 1.165) is 0 Å². The summed E-state index contributed by atoms with van der Waals surface area (Å²) in [6, 6.07) is 0. The molecule has 3 atom stereocenters. The Bertz CT molecular complexity index is 121. The van der Waals surface area contributed by atoms with Crippen molar-refractivity contribution < 1.29 is 15.3 Å². The third kappa shape index (κ3) is 1.13. The molecule has 9 heavy (non-hydrogen) atoms. The summed E-state index contributed by atoms with van der Waals surface area (Å²) in [5.74, 6) is -0.278. The SMILES string of the molecule is OC[C@H]1C=C[C@H](O)[C@@H]1O.